The number of amides is 1. The zero-order chi connectivity index (χ0) is 20.0. The van der Waals surface area contributed by atoms with Gasteiger partial charge in [0.2, 0.25) is 10.0 Å². The van der Waals surface area contributed by atoms with Gasteiger partial charge in [0.25, 0.3) is 5.91 Å². The van der Waals surface area contributed by atoms with Crippen molar-refractivity contribution in [2.24, 2.45) is 5.10 Å². The van der Waals surface area contributed by atoms with Crippen molar-refractivity contribution in [3.63, 3.8) is 0 Å². The summed E-state index contributed by atoms with van der Waals surface area (Å²) in [5, 5.41) is 3.90. The Hall–Kier alpha value is -2.39. The van der Waals surface area contributed by atoms with Gasteiger partial charge in [-0.05, 0) is 36.8 Å². The third kappa shape index (κ3) is 5.80. The number of methoxy groups -OCH3 is 1. The van der Waals surface area contributed by atoms with Crippen molar-refractivity contribution < 1.29 is 17.9 Å². The highest BCUT2D eigenvalue weighted by molar-refractivity contribution is 9.10. The molecule has 2 aromatic rings. The van der Waals surface area contributed by atoms with Crippen LogP contribution in [-0.2, 0) is 14.8 Å². The van der Waals surface area contributed by atoms with Gasteiger partial charge in [0.15, 0.2) is 0 Å². The minimum absolute atomic E-state index is 0.378. The topological polar surface area (TPSA) is 88.1 Å². The maximum absolute atomic E-state index is 12.2. The predicted molar refractivity (Wildman–Crippen MR) is 110 cm³/mol. The van der Waals surface area contributed by atoms with Crippen LogP contribution in [0.1, 0.15) is 11.1 Å². The van der Waals surface area contributed by atoms with Gasteiger partial charge in [0.05, 0.1) is 25.3 Å². The van der Waals surface area contributed by atoms with E-state index in [0.717, 1.165) is 20.6 Å². The van der Waals surface area contributed by atoms with E-state index in [9.17, 15) is 13.2 Å². The number of hydrogen-bond donors (Lipinski definition) is 1. The minimum atomic E-state index is -3.63. The molecule has 0 aliphatic heterocycles. The number of aryl methyl sites for hydroxylation is 1. The average molecular weight is 454 g/mol. The number of carbonyl (C=O) groups is 1. The lowest BCUT2D eigenvalue weighted by molar-refractivity contribution is -0.119. The molecule has 0 bridgehead atoms. The lowest BCUT2D eigenvalue weighted by atomic mass is 10.2. The monoisotopic (exact) mass is 453 g/mol. The number of sulfonamides is 1. The standard InChI is InChI=1S/C18H20BrN3O4S/c1-13-6-4-5-7-16(13)22(27(3,24)25)12-18(23)21-20-11-14-10-15(19)8-9-17(14)26-2/h4-11H,12H2,1-3H3,(H,21,23)/b20-11-. The lowest BCUT2D eigenvalue weighted by Gasteiger charge is -2.23. The molecule has 144 valence electrons. The second-order valence-corrected chi connectivity index (χ2v) is 8.56. The molecule has 0 saturated heterocycles. The fraction of sp³-hybridized carbons (Fsp3) is 0.222. The van der Waals surface area contributed by atoms with E-state index in [-0.39, 0.29) is 6.54 Å². The molecule has 0 fully saturated rings. The van der Waals surface area contributed by atoms with Crippen molar-refractivity contribution in [2.45, 2.75) is 6.92 Å². The molecule has 0 unspecified atom stereocenters. The zero-order valence-electron chi connectivity index (χ0n) is 15.1. The average Bonchev–Trinajstić information content (AvgIpc) is 2.60. The first-order chi connectivity index (χ1) is 12.7. The lowest BCUT2D eigenvalue weighted by Crippen LogP contribution is -2.39. The maximum Gasteiger partial charge on any atom is 0.260 e. The van der Waals surface area contributed by atoms with E-state index in [1.54, 1.807) is 43.3 Å². The fourth-order valence-electron chi connectivity index (χ4n) is 2.37. The smallest absolute Gasteiger partial charge is 0.260 e. The molecule has 0 aliphatic rings. The quantitative estimate of drug-likeness (QED) is 0.515. The number of carbonyl (C=O) groups excluding carboxylic acids is 1. The maximum atomic E-state index is 12.2. The van der Waals surface area contributed by atoms with Gasteiger partial charge in [-0.2, -0.15) is 5.10 Å². The normalized spacial score (nSPS) is 11.4. The molecule has 0 heterocycles. The number of hydrazone groups is 1. The van der Waals surface area contributed by atoms with Crippen molar-refractivity contribution in [1.29, 1.82) is 0 Å². The van der Waals surface area contributed by atoms with Crippen LogP contribution in [0, 0.1) is 6.92 Å². The number of hydrogen-bond acceptors (Lipinski definition) is 5. The Morgan fingerprint density at radius 1 is 1.30 bits per heavy atom. The number of anilines is 1. The Balaban J connectivity index is 2.13. The van der Waals surface area contributed by atoms with Gasteiger partial charge in [0, 0.05) is 10.0 Å². The van der Waals surface area contributed by atoms with Crippen LogP contribution in [0.3, 0.4) is 0 Å². The van der Waals surface area contributed by atoms with Crippen molar-refractivity contribution in [3.05, 3.63) is 58.1 Å². The molecule has 2 aromatic carbocycles. The van der Waals surface area contributed by atoms with Gasteiger partial charge >= 0.3 is 0 Å². The SMILES string of the molecule is COc1ccc(Br)cc1/C=N\NC(=O)CN(c1ccccc1C)S(C)(=O)=O. The van der Waals surface area contributed by atoms with Gasteiger partial charge in [0.1, 0.15) is 12.3 Å². The highest BCUT2D eigenvalue weighted by atomic mass is 79.9. The summed E-state index contributed by atoms with van der Waals surface area (Å²) in [7, 11) is -2.10. The first kappa shape index (κ1) is 20.9. The summed E-state index contributed by atoms with van der Waals surface area (Å²) >= 11 is 3.36. The summed E-state index contributed by atoms with van der Waals surface area (Å²) in [5.41, 5.74) is 4.21. The third-order valence-corrected chi connectivity index (χ3v) is 5.28. The Bertz CT molecular complexity index is 961. The molecule has 0 spiro atoms. The number of rotatable bonds is 7. The number of nitrogens with one attached hydrogen (secondary N) is 1. The van der Waals surface area contributed by atoms with Crippen molar-refractivity contribution in [2.75, 3.05) is 24.2 Å². The number of nitrogens with zero attached hydrogens (tertiary/aromatic N) is 2. The molecule has 0 radical (unpaired) electrons. The van der Waals surface area contributed by atoms with E-state index in [1.807, 2.05) is 6.07 Å². The molecule has 0 atom stereocenters. The molecule has 1 amide bonds. The molecular formula is C18H20BrN3O4S. The van der Waals surface area contributed by atoms with E-state index in [0.29, 0.717) is 17.0 Å². The second kappa shape index (κ2) is 9.01. The third-order valence-electron chi connectivity index (χ3n) is 3.66. The predicted octanol–water partition coefficient (Wildman–Crippen LogP) is 2.68. The molecule has 27 heavy (non-hydrogen) atoms. The largest absolute Gasteiger partial charge is 0.496 e. The fourth-order valence-corrected chi connectivity index (χ4v) is 3.66. The zero-order valence-corrected chi connectivity index (χ0v) is 17.5. The van der Waals surface area contributed by atoms with Crippen LogP contribution in [0.4, 0.5) is 5.69 Å². The van der Waals surface area contributed by atoms with Crippen LogP contribution >= 0.6 is 15.9 Å². The van der Waals surface area contributed by atoms with E-state index < -0.39 is 15.9 Å². The van der Waals surface area contributed by atoms with Crippen LogP contribution in [0.25, 0.3) is 0 Å². The number of para-hydroxylation sites is 1. The Morgan fingerprint density at radius 2 is 2.00 bits per heavy atom. The van der Waals surface area contributed by atoms with Gasteiger partial charge < -0.3 is 4.74 Å². The van der Waals surface area contributed by atoms with Crippen molar-refractivity contribution in [1.82, 2.24) is 5.43 Å². The van der Waals surface area contributed by atoms with E-state index in [2.05, 4.69) is 26.5 Å². The van der Waals surface area contributed by atoms with Crippen LogP contribution in [-0.4, -0.2) is 40.4 Å². The van der Waals surface area contributed by atoms with Crippen LogP contribution in [0.2, 0.25) is 0 Å². The van der Waals surface area contributed by atoms with E-state index in [1.165, 1.54) is 13.3 Å². The molecule has 7 nitrogen and oxygen atoms in total. The minimum Gasteiger partial charge on any atom is -0.496 e. The first-order valence-electron chi connectivity index (χ1n) is 7.91. The second-order valence-electron chi connectivity index (χ2n) is 5.74. The summed E-state index contributed by atoms with van der Waals surface area (Å²) in [6.45, 7) is 1.40. The summed E-state index contributed by atoms with van der Waals surface area (Å²) in [6.07, 6.45) is 2.49. The van der Waals surface area contributed by atoms with Crippen molar-refractivity contribution >= 4 is 43.8 Å². The number of ether oxygens (including phenoxy) is 1. The summed E-state index contributed by atoms with van der Waals surface area (Å²) in [6, 6.07) is 12.3. The van der Waals surface area contributed by atoms with Gasteiger partial charge in [-0.15, -0.1) is 0 Å². The van der Waals surface area contributed by atoms with Gasteiger partial charge in [-0.3, -0.25) is 9.10 Å². The molecule has 0 aromatic heterocycles. The molecule has 9 heteroatoms. The highest BCUT2D eigenvalue weighted by Crippen LogP contribution is 2.22. The van der Waals surface area contributed by atoms with Crippen molar-refractivity contribution in [3.8, 4) is 5.75 Å². The summed E-state index contributed by atoms with van der Waals surface area (Å²) < 4.78 is 31.3. The highest BCUT2D eigenvalue weighted by Gasteiger charge is 2.21. The van der Waals surface area contributed by atoms with Gasteiger partial charge in [-0.1, -0.05) is 34.1 Å². The summed E-state index contributed by atoms with van der Waals surface area (Å²) in [4.78, 5) is 12.2. The molecule has 2 rings (SSSR count). The Labute approximate surface area is 167 Å². The van der Waals surface area contributed by atoms with Gasteiger partial charge in [-0.25, -0.2) is 13.8 Å². The van der Waals surface area contributed by atoms with E-state index >= 15 is 0 Å². The molecule has 0 saturated carbocycles. The van der Waals surface area contributed by atoms with E-state index in [4.69, 9.17) is 4.74 Å². The number of benzene rings is 2. The summed E-state index contributed by atoms with van der Waals surface area (Å²) in [5.74, 6) is 0.0303. The molecule has 0 aliphatic carbocycles. The van der Waals surface area contributed by atoms with Crippen LogP contribution in [0.15, 0.2) is 52.0 Å². The first-order valence-corrected chi connectivity index (χ1v) is 10.6. The molecule has 1 N–H and O–H groups in total. The van der Waals surface area contributed by atoms with Crippen LogP contribution < -0.4 is 14.5 Å². The molecular weight excluding hydrogens is 434 g/mol. The Kier molecular flexibility index (Phi) is 6.98. The van der Waals surface area contributed by atoms with Crippen LogP contribution in [0.5, 0.6) is 5.75 Å². The Morgan fingerprint density at radius 3 is 2.63 bits per heavy atom. The number of halogens is 1.